The summed E-state index contributed by atoms with van der Waals surface area (Å²) in [4.78, 5) is 0. The fourth-order valence-electron chi connectivity index (χ4n) is 0.960. The van der Waals surface area contributed by atoms with E-state index in [4.69, 9.17) is 10.00 Å². The number of sulfonamides is 1. The molecule has 0 spiro atoms. The molecule has 0 bridgehead atoms. The van der Waals surface area contributed by atoms with Crippen molar-refractivity contribution in [3.63, 3.8) is 0 Å². The van der Waals surface area contributed by atoms with Crippen molar-refractivity contribution in [1.29, 1.82) is 5.26 Å². The maximum absolute atomic E-state index is 11.2. The number of nitrogens with one attached hydrogen (secondary N) is 1. The lowest BCUT2D eigenvalue weighted by Gasteiger charge is -2.05. The second-order valence-corrected chi connectivity index (χ2v) is 4.47. The Kier molecular flexibility index (Phi) is 3.52. The number of methoxy groups -OCH3 is 1. The predicted octanol–water partition coefficient (Wildman–Crippen LogP) is 0.960. The van der Waals surface area contributed by atoms with Gasteiger partial charge in [-0.15, -0.1) is 0 Å². The van der Waals surface area contributed by atoms with E-state index in [1.165, 1.54) is 7.11 Å². The number of hydrogen-bond acceptors (Lipinski definition) is 4. The molecule has 0 amide bonds. The molecule has 15 heavy (non-hydrogen) atoms. The van der Waals surface area contributed by atoms with Gasteiger partial charge < -0.3 is 4.74 Å². The average Bonchev–Trinajstić information content (AvgIpc) is 2.18. The van der Waals surface area contributed by atoms with Crippen molar-refractivity contribution in [3.05, 3.63) is 24.3 Å². The Labute approximate surface area is 88.3 Å². The van der Waals surface area contributed by atoms with Gasteiger partial charge in [0.15, 0.2) is 5.75 Å². The van der Waals surface area contributed by atoms with Crippen LogP contribution in [0.1, 0.15) is 0 Å². The van der Waals surface area contributed by atoms with Gasteiger partial charge in [0.25, 0.3) is 0 Å². The van der Waals surface area contributed by atoms with Crippen molar-refractivity contribution in [2.45, 2.75) is 0 Å². The van der Waals surface area contributed by atoms with E-state index in [0.29, 0.717) is 11.4 Å². The van der Waals surface area contributed by atoms with Crippen LogP contribution in [0.3, 0.4) is 0 Å². The first-order valence-electron chi connectivity index (χ1n) is 4.09. The van der Waals surface area contributed by atoms with Crippen molar-refractivity contribution in [2.75, 3.05) is 17.6 Å². The number of anilines is 1. The van der Waals surface area contributed by atoms with Crippen LogP contribution in [0.5, 0.6) is 5.75 Å². The molecule has 0 aliphatic heterocycles. The van der Waals surface area contributed by atoms with Gasteiger partial charge in [-0.05, 0) is 24.3 Å². The van der Waals surface area contributed by atoms with E-state index in [1.807, 2.05) is 0 Å². The molecule has 0 unspecified atom stereocenters. The molecule has 6 heteroatoms. The number of hydrogen-bond donors (Lipinski definition) is 1. The van der Waals surface area contributed by atoms with Crippen LogP contribution < -0.4 is 9.46 Å². The lowest BCUT2D eigenvalue weighted by Crippen LogP contribution is -2.15. The third-order valence-electron chi connectivity index (χ3n) is 1.62. The van der Waals surface area contributed by atoms with E-state index in [-0.39, 0.29) is 0 Å². The Morgan fingerprint density at radius 2 is 2.00 bits per heavy atom. The van der Waals surface area contributed by atoms with Gasteiger partial charge in [0, 0.05) is 5.69 Å². The summed E-state index contributed by atoms with van der Waals surface area (Å²) in [6.45, 7) is 0. The number of nitrogens with zero attached hydrogens (tertiary/aromatic N) is 1. The summed E-state index contributed by atoms with van der Waals surface area (Å²) < 4.78 is 29.6. The van der Waals surface area contributed by atoms with Crippen molar-refractivity contribution >= 4 is 15.7 Å². The van der Waals surface area contributed by atoms with Crippen molar-refractivity contribution in [3.8, 4) is 11.8 Å². The van der Waals surface area contributed by atoms with E-state index in [1.54, 1.807) is 30.3 Å². The zero-order valence-corrected chi connectivity index (χ0v) is 8.91. The average molecular weight is 226 g/mol. The minimum absolute atomic E-state index is 0.408. The number of benzene rings is 1. The summed E-state index contributed by atoms with van der Waals surface area (Å²) in [6, 6.07) is 7.96. The maximum atomic E-state index is 11.2. The second-order valence-electron chi connectivity index (χ2n) is 2.75. The zero-order chi connectivity index (χ0) is 11.3. The molecular formula is C9H10N2O3S. The molecule has 80 valence electrons. The minimum atomic E-state index is -3.56. The molecule has 5 nitrogen and oxygen atoms in total. The molecule has 0 heterocycles. The first-order chi connectivity index (χ1) is 7.07. The van der Waals surface area contributed by atoms with Crippen molar-refractivity contribution in [2.24, 2.45) is 0 Å². The Morgan fingerprint density at radius 3 is 2.47 bits per heavy atom. The standard InChI is InChI=1S/C9H10N2O3S/c1-14-9-4-2-8(3-5-9)11-15(12,13)7-6-10/h2-5,11H,7H2,1H3. The van der Waals surface area contributed by atoms with Crippen molar-refractivity contribution in [1.82, 2.24) is 0 Å². The van der Waals surface area contributed by atoms with E-state index in [9.17, 15) is 8.42 Å². The second kappa shape index (κ2) is 4.66. The van der Waals surface area contributed by atoms with Crippen LogP contribution in [-0.4, -0.2) is 21.3 Å². The molecule has 1 aromatic rings. The molecule has 0 radical (unpaired) electrons. The summed E-state index contributed by atoms with van der Waals surface area (Å²) in [5.74, 6) is 0.0807. The highest BCUT2D eigenvalue weighted by atomic mass is 32.2. The third kappa shape index (κ3) is 3.48. The van der Waals surface area contributed by atoms with Crippen LogP contribution in [0.4, 0.5) is 5.69 Å². The fourth-order valence-corrected chi connectivity index (χ4v) is 1.70. The van der Waals surface area contributed by atoms with Crippen LogP contribution in [0.25, 0.3) is 0 Å². The molecule has 1 rings (SSSR count). The molecule has 0 aromatic heterocycles. The fraction of sp³-hybridized carbons (Fsp3) is 0.222. The van der Waals surface area contributed by atoms with Gasteiger partial charge in [-0.25, -0.2) is 8.42 Å². The normalized spacial score (nSPS) is 10.4. The van der Waals surface area contributed by atoms with E-state index < -0.39 is 15.8 Å². The number of ether oxygens (including phenoxy) is 1. The van der Waals surface area contributed by atoms with Gasteiger partial charge in [-0.1, -0.05) is 0 Å². The van der Waals surface area contributed by atoms with Gasteiger partial charge in [-0.3, -0.25) is 4.72 Å². The largest absolute Gasteiger partial charge is 0.497 e. The summed E-state index contributed by atoms with van der Waals surface area (Å²) in [5.41, 5.74) is 0.408. The molecule has 0 atom stereocenters. The predicted molar refractivity (Wildman–Crippen MR) is 56.0 cm³/mol. The summed E-state index contributed by atoms with van der Waals surface area (Å²) in [6.07, 6.45) is 0. The van der Waals surface area contributed by atoms with Crippen LogP contribution in [0.15, 0.2) is 24.3 Å². The van der Waals surface area contributed by atoms with E-state index in [0.717, 1.165) is 0 Å². The zero-order valence-electron chi connectivity index (χ0n) is 8.10. The summed E-state index contributed by atoms with van der Waals surface area (Å²) >= 11 is 0. The topological polar surface area (TPSA) is 79.2 Å². The molecular weight excluding hydrogens is 216 g/mol. The Hall–Kier alpha value is -1.74. The Bertz CT molecular complexity index is 459. The SMILES string of the molecule is COc1ccc(NS(=O)(=O)CC#N)cc1. The minimum Gasteiger partial charge on any atom is -0.497 e. The van der Waals surface area contributed by atoms with Gasteiger partial charge >= 0.3 is 0 Å². The lowest BCUT2D eigenvalue weighted by molar-refractivity contribution is 0.415. The highest BCUT2D eigenvalue weighted by molar-refractivity contribution is 7.92. The number of nitriles is 1. The molecule has 0 saturated carbocycles. The smallest absolute Gasteiger partial charge is 0.246 e. The summed E-state index contributed by atoms with van der Waals surface area (Å²) in [5, 5.41) is 8.27. The quantitative estimate of drug-likeness (QED) is 0.829. The molecule has 1 N–H and O–H groups in total. The van der Waals surface area contributed by atoms with Gasteiger partial charge in [0.1, 0.15) is 5.75 Å². The Morgan fingerprint density at radius 1 is 1.40 bits per heavy atom. The van der Waals surface area contributed by atoms with E-state index >= 15 is 0 Å². The monoisotopic (exact) mass is 226 g/mol. The summed E-state index contributed by atoms with van der Waals surface area (Å²) in [7, 11) is -2.03. The maximum Gasteiger partial charge on any atom is 0.246 e. The first kappa shape index (κ1) is 11.3. The van der Waals surface area contributed by atoms with Gasteiger partial charge in [0.2, 0.25) is 10.0 Å². The molecule has 0 aliphatic rings. The van der Waals surface area contributed by atoms with Gasteiger partial charge in [0.05, 0.1) is 13.2 Å². The van der Waals surface area contributed by atoms with E-state index in [2.05, 4.69) is 4.72 Å². The van der Waals surface area contributed by atoms with Crippen LogP contribution in [0, 0.1) is 11.3 Å². The van der Waals surface area contributed by atoms with Crippen molar-refractivity contribution < 1.29 is 13.2 Å². The highest BCUT2D eigenvalue weighted by Gasteiger charge is 2.08. The molecule has 0 aliphatic carbocycles. The van der Waals surface area contributed by atoms with Crippen LogP contribution in [0.2, 0.25) is 0 Å². The van der Waals surface area contributed by atoms with Crippen LogP contribution in [-0.2, 0) is 10.0 Å². The molecule has 0 saturated heterocycles. The lowest BCUT2D eigenvalue weighted by atomic mass is 10.3. The van der Waals surface area contributed by atoms with Crippen LogP contribution >= 0.6 is 0 Å². The highest BCUT2D eigenvalue weighted by Crippen LogP contribution is 2.15. The Balaban J connectivity index is 2.78. The first-order valence-corrected chi connectivity index (χ1v) is 5.74. The molecule has 0 fully saturated rings. The number of rotatable bonds is 4. The van der Waals surface area contributed by atoms with Gasteiger partial charge in [-0.2, -0.15) is 5.26 Å². The molecule has 1 aromatic carbocycles. The third-order valence-corrected chi connectivity index (χ3v) is 2.67.